The number of para-hydroxylation sites is 1. The third kappa shape index (κ3) is 15.3. The Hall–Kier alpha value is -16.4. The van der Waals surface area contributed by atoms with Crippen LogP contribution < -0.4 is 45.8 Å². The summed E-state index contributed by atoms with van der Waals surface area (Å²) in [6.07, 6.45) is 0. The number of nitrogens with zero attached hydrogens (tertiary/aromatic N) is 3. The van der Waals surface area contributed by atoms with Gasteiger partial charge >= 0.3 is 0 Å². The highest BCUT2D eigenvalue weighted by Gasteiger charge is 2.46. The number of fused-ring (bicyclic) bond motifs is 24. The molecule has 3 aliphatic rings. The lowest BCUT2D eigenvalue weighted by molar-refractivity contribution is 1.29. The molecule has 3 aromatic heterocycles. The second-order valence-electron chi connectivity index (χ2n) is 40.8. The molecule has 0 aliphatic carbocycles. The van der Waals surface area contributed by atoms with Crippen LogP contribution in [0.3, 0.4) is 0 Å². The van der Waals surface area contributed by atoms with E-state index in [-0.39, 0.29) is 0 Å². The van der Waals surface area contributed by atoms with E-state index in [0.29, 0.717) is 0 Å². The summed E-state index contributed by atoms with van der Waals surface area (Å²) in [5.41, 5.74) is 31.6. The summed E-state index contributed by atoms with van der Waals surface area (Å²) in [7, 11) is -6.32. The summed E-state index contributed by atoms with van der Waals surface area (Å²) in [5, 5.41) is 25.1. The highest BCUT2D eigenvalue weighted by atomic mass is 32.1. The lowest BCUT2D eigenvalue weighted by atomic mass is 9.98. The minimum Gasteiger partial charge on any atom is -0.311 e. The predicted molar refractivity (Wildman–Crippen MR) is 648 cm³/mol. The van der Waals surface area contributed by atoms with Gasteiger partial charge in [0.1, 0.15) is 24.2 Å². The second-order valence-corrected chi connectivity index (χ2v) is 57.0. The Labute approximate surface area is 872 Å². The van der Waals surface area contributed by atoms with Crippen molar-refractivity contribution in [3.8, 4) is 89.0 Å². The average molecular weight is 1980 g/mol. The molecule has 9 heteroatoms. The fourth-order valence-electron chi connectivity index (χ4n) is 24.3. The van der Waals surface area contributed by atoms with Gasteiger partial charge in [-0.05, 0) is 298 Å². The number of thiophene rings is 3. The molecule has 0 amide bonds. The third-order valence-electron chi connectivity index (χ3n) is 31.3. The van der Waals surface area contributed by atoms with Crippen LogP contribution in [0.5, 0.6) is 0 Å². The van der Waals surface area contributed by atoms with Gasteiger partial charge in [-0.25, -0.2) is 0 Å². The molecule has 0 saturated carbocycles. The first-order valence-electron chi connectivity index (χ1n) is 51.0. The minimum absolute atomic E-state index is 1.16. The Kier molecular flexibility index (Phi) is 22.0. The molecule has 0 saturated heterocycles. The Balaban J connectivity index is 0.000000109. The van der Waals surface area contributed by atoms with Crippen LogP contribution in [0.1, 0.15) is 0 Å². The molecule has 0 fully saturated rings. The molecular weight excluding hydrogens is 1880 g/mol. The first-order valence-corrected chi connectivity index (χ1v) is 62.4. The number of anilines is 9. The van der Waals surface area contributed by atoms with E-state index in [1.165, 1.54) is 236 Å². The Morgan fingerprint density at radius 1 is 0.163 bits per heavy atom. The highest BCUT2D eigenvalue weighted by Crippen LogP contribution is 2.52. The zero-order chi connectivity index (χ0) is 98.3. The molecule has 26 aromatic rings. The molecule has 0 bridgehead atoms. The van der Waals surface area contributed by atoms with Crippen molar-refractivity contribution < 1.29 is 0 Å². The zero-order valence-electron chi connectivity index (χ0n) is 82.5. The molecule has 0 unspecified atom stereocenters. The van der Waals surface area contributed by atoms with Gasteiger partial charge in [-0.15, -0.1) is 34.0 Å². The van der Waals surface area contributed by atoms with Crippen LogP contribution in [-0.2, 0) is 0 Å². The van der Waals surface area contributed by atoms with Crippen molar-refractivity contribution in [3.63, 3.8) is 0 Å². The van der Waals surface area contributed by atoms with Gasteiger partial charge in [0.05, 0.1) is 0 Å². The largest absolute Gasteiger partial charge is 0.311 e. The number of benzene rings is 23. The standard InChI is InChI=1S/2C48H35NSSi.C42H31NSSi/c1-51(2)45-29-28-44-46(40-18-8-9-21-43(40)50-44)47(45)41-19-11-20-42(48(41)51)49(39-17-10-16-36(31-39)32-12-4-3-5-13-32)38-26-24-34(25-27-38)37-23-22-33-14-6-7-15-35(33)30-37;1-51(2)45-30-29-44-46(40-15-8-9-18-43(40)50-44)47(45)41-16-10-17-42(48(41)51)49(38-25-21-34(22-26-38)32-11-4-3-5-12-32)39-27-23-35(24-28-39)37-20-19-33-13-6-7-14-36(33)31-37;1-45(2)39-26-25-38-40(34-15-8-9-18-37(34)44-38)41(39)35-16-10-17-36(42(35)45)43(32-13-4-3-5-14-32)33-23-21-29(22-24-33)31-20-19-28-11-6-7-12-30(28)27-31/h2*3-31H,1-2H3;3-27H,1-2H3. The molecule has 3 nitrogen and oxygen atoms in total. The van der Waals surface area contributed by atoms with Gasteiger partial charge in [0, 0.05) is 112 Å². The fraction of sp³-hybridized carbons (Fsp3) is 0.0435. The molecule has 3 aliphatic heterocycles. The van der Waals surface area contributed by atoms with E-state index in [1.807, 2.05) is 34.0 Å². The fourth-order valence-corrected chi connectivity index (χ4v) is 37.7. The van der Waals surface area contributed by atoms with E-state index < -0.39 is 24.2 Å². The summed E-state index contributed by atoms with van der Waals surface area (Å²) < 4.78 is 8.20. The monoisotopic (exact) mass is 1980 g/mol. The van der Waals surface area contributed by atoms with Crippen LogP contribution >= 0.6 is 34.0 Å². The lowest BCUT2D eigenvalue weighted by Gasteiger charge is -2.31. The molecule has 698 valence electrons. The molecule has 0 N–H and O–H groups in total. The smallest absolute Gasteiger partial charge is 0.116 e. The molecule has 0 radical (unpaired) electrons. The maximum atomic E-state index is 2.54. The van der Waals surface area contributed by atoms with Crippen LogP contribution in [0.15, 0.2) is 504 Å². The van der Waals surface area contributed by atoms with Gasteiger partial charge in [-0.1, -0.05) is 397 Å². The van der Waals surface area contributed by atoms with E-state index in [0.717, 1.165) is 22.7 Å². The van der Waals surface area contributed by atoms with Gasteiger partial charge in [-0.2, -0.15) is 0 Å². The van der Waals surface area contributed by atoms with Gasteiger partial charge in [0.25, 0.3) is 0 Å². The summed E-state index contributed by atoms with van der Waals surface area (Å²) in [6.45, 7) is 15.2. The van der Waals surface area contributed by atoms with E-state index in [2.05, 4.69) is 557 Å². The summed E-state index contributed by atoms with van der Waals surface area (Å²) in [6, 6.07) is 186. The third-order valence-corrected chi connectivity index (χ3v) is 45.3. The zero-order valence-corrected chi connectivity index (χ0v) is 87.9. The summed E-state index contributed by atoms with van der Waals surface area (Å²) in [4.78, 5) is 7.49. The first kappa shape index (κ1) is 89.4. The van der Waals surface area contributed by atoms with Crippen molar-refractivity contribution in [2.24, 2.45) is 0 Å². The van der Waals surface area contributed by atoms with Crippen molar-refractivity contribution in [2.75, 3.05) is 14.7 Å². The van der Waals surface area contributed by atoms with E-state index in [9.17, 15) is 0 Å². The Morgan fingerprint density at radius 2 is 0.401 bits per heavy atom. The quantitative estimate of drug-likeness (QED) is 0.100. The topological polar surface area (TPSA) is 9.72 Å². The molecule has 29 rings (SSSR count). The second kappa shape index (κ2) is 36.1. The average Bonchev–Trinajstić information content (AvgIpc) is 1.54. The van der Waals surface area contributed by atoms with Crippen LogP contribution in [0.4, 0.5) is 51.2 Å². The van der Waals surface area contributed by atoms with Gasteiger partial charge < -0.3 is 14.7 Å². The molecule has 23 aromatic carbocycles. The van der Waals surface area contributed by atoms with E-state index in [4.69, 9.17) is 0 Å². The maximum Gasteiger partial charge on any atom is 0.116 e. The number of hydrogen-bond donors (Lipinski definition) is 0. The normalized spacial score (nSPS) is 13.1. The van der Waals surface area contributed by atoms with Crippen molar-refractivity contribution in [2.45, 2.75) is 39.3 Å². The van der Waals surface area contributed by atoms with Crippen LogP contribution in [0.2, 0.25) is 39.3 Å². The van der Waals surface area contributed by atoms with Crippen LogP contribution in [-0.4, -0.2) is 24.2 Å². The molecule has 0 spiro atoms. The SMILES string of the molecule is C[Si]1(C)c2ccc3sc4ccccc4c3c2-c2cccc(N(c3ccc(-c4ccc5ccccc5c4)cc3)c3cccc(-c4ccccc4)c3)c21.C[Si]1(C)c2ccc3sc4ccccc4c3c2-c2cccc(N(c3ccc(-c4ccccc4)cc3)c3ccc(-c4ccc5ccccc5c4)cc3)c21.C[Si]1(C)c2ccc3sc4ccccc4c3c2-c2cccc(N(c3ccccc3)c3ccc(-c4ccc5ccccc5c4)cc3)c21. The van der Waals surface area contributed by atoms with Gasteiger partial charge in [-0.3, -0.25) is 0 Å². The number of rotatable bonds is 14. The molecule has 6 heterocycles. The van der Waals surface area contributed by atoms with E-state index in [1.54, 1.807) is 5.19 Å². The minimum atomic E-state index is -2.14. The van der Waals surface area contributed by atoms with Gasteiger partial charge in [0.15, 0.2) is 0 Å². The van der Waals surface area contributed by atoms with Crippen LogP contribution in [0, 0.1) is 0 Å². The summed E-state index contributed by atoms with van der Waals surface area (Å²) >= 11 is 5.73. The van der Waals surface area contributed by atoms with Crippen molar-refractivity contribution >= 4 is 233 Å². The first-order chi connectivity index (χ1) is 72.2. The molecular formula is C138H101N3S3Si3. The predicted octanol–water partition coefficient (Wildman–Crippen LogP) is 36.8. The van der Waals surface area contributed by atoms with Crippen molar-refractivity contribution in [1.82, 2.24) is 0 Å². The Bertz CT molecular complexity index is 9710. The number of hydrogen-bond acceptors (Lipinski definition) is 6. The van der Waals surface area contributed by atoms with E-state index >= 15 is 0 Å². The Morgan fingerprint density at radius 3 is 0.741 bits per heavy atom. The van der Waals surface area contributed by atoms with Crippen molar-refractivity contribution in [1.29, 1.82) is 0 Å². The lowest BCUT2D eigenvalue weighted by Crippen LogP contribution is -2.50. The molecule has 0 atom stereocenters. The molecule has 147 heavy (non-hydrogen) atoms. The van der Waals surface area contributed by atoms with Crippen molar-refractivity contribution in [3.05, 3.63) is 504 Å². The summed E-state index contributed by atoms with van der Waals surface area (Å²) in [5.74, 6) is 0. The van der Waals surface area contributed by atoms with Gasteiger partial charge in [0.2, 0.25) is 0 Å². The highest BCUT2D eigenvalue weighted by molar-refractivity contribution is 7.27. The van der Waals surface area contributed by atoms with Crippen LogP contribution in [0.25, 0.3) is 182 Å². The maximum absolute atomic E-state index is 2.54.